The lowest BCUT2D eigenvalue weighted by Crippen LogP contribution is -2.12. The largest absolute Gasteiger partial charge is 0.391 e. The van der Waals surface area contributed by atoms with Crippen molar-refractivity contribution < 1.29 is 17.9 Å². The Kier molecular flexibility index (Phi) is 6.42. The van der Waals surface area contributed by atoms with E-state index < -0.39 is 12.6 Å². The van der Waals surface area contributed by atoms with Gasteiger partial charge in [-0.1, -0.05) is 0 Å². The molecule has 0 aromatic heterocycles. The molecule has 0 amide bonds. The van der Waals surface area contributed by atoms with Crippen molar-refractivity contribution in [2.24, 2.45) is 5.41 Å². The average molecular weight is 237 g/mol. The van der Waals surface area contributed by atoms with Crippen LogP contribution in [-0.4, -0.2) is 19.4 Å². The van der Waals surface area contributed by atoms with Crippen LogP contribution in [0.1, 0.15) is 39.5 Å². The molecule has 0 fully saturated rings. The van der Waals surface area contributed by atoms with Gasteiger partial charge in [0.15, 0.2) is 0 Å². The van der Waals surface area contributed by atoms with E-state index in [9.17, 15) is 13.2 Å². The monoisotopic (exact) mass is 237 g/mol. The van der Waals surface area contributed by atoms with Gasteiger partial charge < -0.3 is 4.74 Å². The van der Waals surface area contributed by atoms with Gasteiger partial charge in [-0.05, 0) is 33.1 Å². The van der Waals surface area contributed by atoms with Crippen molar-refractivity contribution >= 4 is 0 Å². The normalized spacial score (nSPS) is 12.5. The summed E-state index contributed by atoms with van der Waals surface area (Å²) in [6.45, 7) is 3.75. The molecule has 0 spiro atoms. The molecule has 0 aliphatic rings. The Hall–Kier alpha value is -0.760. The number of rotatable bonds is 7. The summed E-state index contributed by atoms with van der Waals surface area (Å²) in [6, 6.07) is 2.17. The molecule has 5 heteroatoms. The number of alkyl halides is 3. The van der Waals surface area contributed by atoms with E-state index >= 15 is 0 Å². The Labute approximate surface area is 94.4 Å². The van der Waals surface area contributed by atoms with Crippen LogP contribution >= 0.6 is 0 Å². The Balaban J connectivity index is 3.33. The second-order valence-corrected chi connectivity index (χ2v) is 4.43. The first-order valence-corrected chi connectivity index (χ1v) is 5.33. The second-order valence-electron chi connectivity index (χ2n) is 4.43. The zero-order valence-corrected chi connectivity index (χ0v) is 9.73. The minimum absolute atomic E-state index is 0.273. The number of nitrogens with zero attached hydrogens (tertiary/aromatic N) is 1. The highest BCUT2D eigenvalue weighted by molar-refractivity contribution is 4.91. The van der Waals surface area contributed by atoms with E-state index in [2.05, 4.69) is 6.07 Å². The Morgan fingerprint density at radius 2 is 1.69 bits per heavy atom. The molecule has 0 radical (unpaired) electrons. The first kappa shape index (κ1) is 15.2. The van der Waals surface area contributed by atoms with Crippen LogP contribution in [0.5, 0.6) is 0 Å². The van der Waals surface area contributed by atoms with Crippen LogP contribution in [0, 0.1) is 16.7 Å². The van der Waals surface area contributed by atoms with Gasteiger partial charge in [-0.3, -0.25) is 0 Å². The molecule has 0 N–H and O–H groups in total. The maximum atomic E-state index is 11.7. The fourth-order valence-electron chi connectivity index (χ4n) is 1.12. The lowest BCUT2D eigenvalue weighted by atomic mass is 9.89. The van der Waals surface area contributed by atoms with Crippen molar-refractivity contribution in [1.29, 1.82) is 5.26 Å². The van der Waals surface area contributed by atoms with Crippen LogP contribution in [0.2, 0.25) is 0 Å². The van der Waals surface area contributed by atoms with Crippen molar-refractivity contribution in [1.82, 2.24) is 0 Å². The molecular weight excluding hydrogens is 219 g/mol. The summed E-state index contributed by atoms with van der Waals surface area (Å²) in [5.41, 5.74) is -0.355. The molecule has 16 heavy (non-hydrogen) atoms. The minimum atomic E-state index is -4.14. The lowest BCUT2D eigenvalue weighted by molar-refractivity contribution is -0.145. The standard InChI is InChI=1S/C11H18F3NO/c1-10(2,9-15)5-3-4-7-16-8-6-11(12,13)14/h3-8H2,1-2H3. The zero-order valence-electron chi connectivity index (χ0n) is 9.73. The van der Waals surface area contributed by atoms with E-state index in [0.717, 1.165) is 12.8 Å². The van der Waals surface area contributed by atoms with Gasteiger partial charge in [-0.15, -0.1) is 0 Å². The molecule has 0 unspecified atom stereocenters. The van der Waals surface area contributed by atoms with E-state index in [0.29, 0.717) is 13.0 Å². The SMILES string of the molecule is CC(C)(C#N)CCCCOCCC(F)(F)F. The fraction of sp³-hybridized carbons (Fsp3) is 0.909. The summed E-state index contributed by atoms with van der Waals surface area (Å²) >= 11 is 0. The number of hydrogen-bond donors (Lipinski definition) is 0. The van der Waals surface area contributed by atoms with E-state index in [1.54, 1.807) is 0 Å². The highest BCUT2D eigenvalue weighted by Gasteiger charge is 2.26. The Morgan fingerprint density at radius 1 is 1.06 bits per heavy atom. The molecule has 0 saturated heterocycles. The van der Waals surface area contributed by atoms with Gasteiger partial charge in [-0.25, -0.2) is 0 Å². The molecule has 94 valence electrons. The number of hydrogen-bond acceptors (Lipinski definition) is 2. The topological polar surface area (TPSA) is 33.0 Å². The highest BCUT2D eigenvalue weighted by atomic mass is 19.4. The van der Waals surface area contributed by atoms with Gasteiger partial charge in [0.2, 0.25) is 0 Å². The molecule has 0 atom stereocenters. The van der Waals surface area contributed by atoms with Gasteiger partial charge >= 0.3 is 6.18 Å². The van der Waals surface area contributed by atoms with Crippen LogP contribution in [-0.2, 0) is 4.74 Å². The van der Waals surface area contributed by atoms with Crippen LogP contribution in [0.4, 0.5) is 13.2 Å². The zero-order chi connectivity index (χ0) is 12.7. The minimum Gasteiger partial charge on any atom is -0.381 e. The van der Waals surface area contributed by atoms with Crippen molar-refractivity contribution in [3.05, 3.63) is 0 Å². The predicted molar refractivity (Wildman–Crippen MR) is 54.7 cm³/mol. The molecule has 0 bridgehead atoms. The summed E-state index contributed by atoms with van der Waals surface area (Å²) < 4.78 is 40.0. The van der Waals surface area contributed by atoms with E-state index in [1.807, 2.05) is 13.8 Å². The smallest absolute Gasteiger partial charge is 0.381 e. The summed E-state index contributed by atoms with van der Waals surface area (Å²) in [5, 5.41) is 8.72. The highest BCUT2D eigenvalue weighted by Crippen LogP contribution is 2.22. The lowest BCUT2D eigenvalue weighted by Gasteiger charge is -2.14. The van der Waals surface area contributed by atoms with Crippen molar-refractivity contribution in [2.45, 2.75) is 45.7 Å². The Morgan fingerprint density at radius 3 is 2.19 bits per heavy atom. The molecule has 0 saturated carbocycles. The second kappa shape index (κ2) is 6.74. The van der Waals surface area contributed by atoms with Gasteiger partial charge in [0.25, 0.3) is 0 Å². The fourth-order valence-corrected chi connectivity index (χ4v) is 1.12. The number of nitriles is 1. The summed E-state index contributed by atoms with van der Waals surface area (Å²) in [6.07, 6.45) is -2.79. The van der Waals surface area contributed by atoms with E-state index in [4.69, 9.17) is 10.00 Å². The molecule has 0 heterocycles. The number of ether oxygens (including phenoxy) is 1. The van der Waals surface area contributed by atoms with Gasteiger partial charge in [0.05, 0.1) is 24.5 Å². The third-order valence-electron chi connectivity index (χ3n) is 2.17. The average Bonchev–Trinajstić information content (AvgIpc) is 2.14. The molecule has 0 aromatic rings. The van der Waals surface area contributed by atoms with Gasteiger partial charge in [-0.2, -0.15) is 18.4 Å². The maximum absolute atomic E-state index is 11.7. The van der Waals surface area contributed by atoms with Crippen molar-refractivity contribution in [2.75, 3.05) is 13.2 Å². The molecule has 0 aliphatic heterocycles. The number of halogens is 3. The molecule has 0 aromatic carbocycles. The molecule has 0 rings (SSSR count). The summed E-state index contributed by atoms with van der Waals surface area (Å²) in [7, 11) is 0. The quantitative estimate of drug-likeness (QED) is 0.633. The first-order chi connectivity index (χ1) is 7.27. The van der Waals surface area contributed by atoms with Crippen molar-refractivity contribution in [3.63, 3.8) is 0 Å². The summed E-state index contributed by atoms with van der Waals surface area (Å²) in [4.78, 5) is 0. The first-order valence-electron chi connectivity index (χ1n) is 5.33. The molecule has 2 nitrogen and oxygen atoms in total. The van der Waals surface area contributed by atoms with Gasteiger partial charge in [0, 0.05) is 6.61 Å². The van der Waals surface area contributed by atoms with Crippen molar-refractivity contribution in [3.8, 4) is 6.07 Å². The Bertz CT molecular complexity index is 230. The molecular formula is C11H18F3NO. The third kappa shape index (κ3) is 9.78. The van der Waals surface area contributed by atoms with E-state index in [1.165, 1.54) is 0 Å². The van der Waals surface area contributed by atoms with Crippen LogP contribution in [0.15, 0.2) is 0 Å². The van der Waals surface area contributed by atoms with E-state index in [-0.39, 0.29) is 12.0 Å². The molecule has 0 aliphatic carbocycles. The maximum Gasteiger partial charge on any atom is 0.391 e. The van der Waals surface area contributed by atoms with Crippen LogP contribution in [0.25, 0.3) is 0 Å². The third-order valence-corrected chi connectivity index (χ3v) is 2.17. The number of unbranched alkanes of at least 4 members (excludes halogenated alkanes) is 1. The van der Waals surface area contributed by atoms with Crippen LogP contribution < -0.4 is 0 Å². The predicted octanol–water partition coefficient (Wildman–Crippen LogP) is 3.68. The van der Waals surface area contributed by atoms with Gasteiger partial charge in [0.1, 0.15) is 0 Å². The van der Waals surface area contributed by atoms with Crippen LogP contribution in [0.3, 0.4) is 0 Å². The summed E-state index contributed by atoms with van der Waals surface area (Å²) in [5.74, 6) is 0.